The van der Waals surface area contributed by atoms with E-state index in [9.17, 15) is 15.0 Å². The molecule has 6 heteroatoms. The van der Waals surface area contributed by atoms with E-state index in [0.717, 1.165) is 0 Å². The van der Waals surface area contributed by atoms with Crippen molar-refractivity contribution < 1.29 is 19.7 Å². The van der Waals surface area contributed by atoms with Crippen molar-refractivity contribution in [2.75, 3.05) is 6.54 Å². The summed E-state index contributed by atoms with van der Waals surface area (Å²) in [7, 11) is 0. The highest BCUT2D eigenvalue weighted by Gasteiger charge is 2.24. The summed E-state index contributed by atoms with van der Waals surface area (Å²) in [5, 5.41) is 31.8. The van der Waals surface area contributed by atoms with Gasteiger partial charge in [0, 0.05) is 6.54 Å². The lowest BCUT2D eigenvalue weighted by Crippen LogP contribution is -2.39. The number of aryl methyl sites for hydroxylation is 2. The van der Waals surface area contributed by atoms with Crippen molar-refractivity contribution in [2.45, 2.75) is 52.4 Å². The Bertz CT molecular complexity index is 591. The summed E-state index contributed by atoms with van der Waals surface area (Å²) in [6.45, 7) is 8.60. The summed E-state index contributed by atoms with van der Waals surface area (Å²) in [6, 6.07) is 5.35. The molecule has 0 aliphatic heterocycles. The molecule has 1 aromatic carbocycles. The first-order valence-corrected chi connectivity index (χ1v) is 7.39. The van der Waals surface area contributed by atoms with Gasteiger partial charge in [-0.15, -0.1) is 0 Å². The van der Waals surface area contributed by atoms with Crippen LogP contribution in [-0.2, 0) is 4.74 Å². The predicted molar refractivity (Wildman–Crippen MR) is 85.8 cm³/mol. The third kappa shape index (κ3) is 5.55. The molecule has 0 saturated heterocycles. The smallest absolute Gasteiger partial charge is 0.407 e. The lowest BCUT2D eigenvalue weighted by atomic mass is 9.93. The summed E-state index contributed by atoms with van der Waals surface area (Å²) in [4.78, 5) is 11.6. The second-order valence-electron chi connectivity index (χ2n) is 6.53. The van der Waals surface area contributed by atoms with Gasteiger partial charge in [0.1, 0.15) is 17.8 Å². The van der Waals surface area contributed by atoms with Gasteiger partial charge in [0.05, 0.1) is 11.6 Å². The van der Waals surface area contributed by atoms with Crippen molar-refractivity contribution in [1.82, 2.24) is 5.32 Å². The zero-order valence-electron chi connectivity index (χ0n) is 14.2. The molecule has 0 aliphatic rings. The lowest BCUT2D eigenvalue weighted by Gasteiger charge is -2.24. The topological polar surface area (TPSA) is 103 Å². The number of ether oxygens (including phenoxy) is 1. The minimum Gasteiger partial charge on any atom is -0.444 e. The van der Waals surface area contributed by atoms with Crippen molar-refractivity contribution in [1.29, 1.82) is 5.26 Å². The molecule has 0 saturated carbocycles. The van der Waals surface area contributed by atoms with Gasteiger partial charge in [-0.05, 0) is 63.4 Å². The summed E-state index contributed by atoms with van der Waals surface area (Å²) < 4.78 is 5.07. The number of hydrogen-bond donors (Lipinski definition) is 3. The van der Waals surface area contributed by atoms with Crippen molar-refractivity contribution in [3.05, 3.63) is 34.4 Å². The molecule has 1 rings (SSSR count). The molecule has 3 N–H and O–H groups in total. The number of nitrogens with one attached hydrogen (secondary N) is 1. The number of rotatable bonds is 4. The van der Waals surface area contributed by atoms with Gasteiger partial charge in [-0.2, -0.15) is 5.26 Å². The second kappa shape index (κ2) is 7.44. The highest BCUT2D eigenvalue weighted by molar-refractivity contribution is 5.67. The van der Waals surface area contributed by atoms with Crippen molar-refractivity contribution in [3.63, 3.8) is 0 Å². The van der Waals surface area contributed by atoms with Crippen LogP contribution in [0.25, 0.3) is 0 Å². The average Bonchev–Trinajstić information content (AvgIpc) is 2.41. The first-order chi connectivity index (χ1) is 10.5. The molecule has 1 aromatic rings. The molecule has 0 aliphatic carbocycles. The number of amides is 1. The highest BCUT2D eigenvalue weighted by atomic mass is 16.6. The fraction of sp³-hybridized carbons (Fsp3) is 0.529. The van der Waals surface area contributed by atoms with Crippen LogP contribution in [0, 0.1) is 25.2 Å². The van der Waals surface area contributed by atoms with E-state index in [1.54, 1.807) is 46.8 Å². The van der Waals surface area contributed by atoms with Crippen LogP contribution in [0.3, 0.4) is 0 Å². The summed E-state index contributed by atoms with van der Waals surface area (Å²) in [5.74, 6) is 0. The van der Waals surface area contributed by atoms with Crippen LogP contribution in [0.1, 0.15) is 49.1 Å². The minimum absolute atomic E-state index is 0.144. The van der Waals surface area contributed by atoms with Gasteiger partial charge in [-0.25, -0.2) is 4.79 Å². The van der Waals surface area contributed by atoms with Crippen molar-refractivity contribution in [3.8, 4) is 6.07 Å². The molecule has 0 aromatic heterocycles. The Hall–Kier alpha value is -2.10. The number of aliphatic hydroxyl groups is 2. The van der Waals surface area contributed by atoms with E-state index in [4.69, 9.17) is 10.00 Å². The van der Waals surface area contributed by atoms with Crippen LogP contribution in [0.5, 0.6) is 0 Å². The molecule has 2 unspecified atom stereocenters. The zero-order chi connectivity index (χ0) is 17.8. The van der Waals surface area contributed by atoms with E-state index in [2.05, 4.69) is 5.32 Å². The quantitative estimate of drug-likeness (QED) is 0.788. The van der Waals surface area contributed by atoms with Crippen LogP contribution in [0.2, 0.25) is 0 Å². The van der Waals surface area contributed by atoms with Gasteiger partial charge >= 0.3 is 6.09 Å². The van der Waals surface area contributed by atoms with Crippen LogP contribution >= 0.6 is 0 Å². The van der Waals surface area contributed by atoms with Gasteiger partial charge in [0.25, 0.3) is 0 Å². The van der Waals surface area contributed by atoms with E-state index < -0.39 is 23.9 Å². The Kier molecular flexibility index (Phi) is 6.13. The van der Waals surface area contributed by atoms with Crippen LogP contribution in [0.4, 0.5) is 4.79 Å². The number of carbonyl (C=O) groups is 1. The van der Waals surface area contributed by atoms with E-state index in [0.29, 0.717) is 22.3 Å². The Morgan fingerprint density at radius 2 is 1.83 bits per heavy atom. The van der Waals surface area contributed by atoms with Gasteiger partial charge in [0.15, 0.2) is 0 Å². The highest BCUT2D eigenvalue weighted by Crippen LogP contribution is 2.25. The molecule has 0 heterocycles. The number of nitrogens with zero attached hydrogens (tertiary/aromatic N) is 1. The largest absolute Gasteiger partial charge is 0.444 e. The average molecular weight is 320 g/mol. The first-order valence-electron chi connectivity index (χ1n) is 7.39. The van der Waals surface area contributed by atoms with Gasteiger partial charge in [0.2, 0.25) is 0 Å². The number of nitriles is 1. The van der Waals surface area contributed by atoms with Gasteiger partial charge < -0.3 is 20.3 Å². The molecule has 0 radical (unpaired) electrons. The molecule has 23 heavy (non-hydrogen) atoms. The molecule has 126 valence electrons. The van der Waals surface area contributed by atoms with Crippen molar-refractivity contribution in [2.24, 2.45) is 0 Å². The molecule has 2 atom stereocenters. The SMILES string of the molecule is Cc1cc(C#N)cc(C)c1C(O)C(O)CNC(=O)OC(C)(C)C. The molecule has 0 fully saturated rings. The van der Waals surface area contributed by atoms with E-state index >= 15 is 0 Å². The van der Waals surface area contributed by atoms with Crippen LogP contribution in [-0.4, -0.2) is 34.6 Å². The number of benzene rings is 1. The number of hydrogen-bond acceptors (Lipinski definition) is 5. The monoisotopic (exact) mass is 320 g/mol. The Labute approximate surface area is 136 Å². The fourth-order valence-corrected chi connectivity index (χ4v) is 2.31. The Balaban J connectivity index is 2.76. The summed E-state index contributed by atoms with van der Waals surface area (Å²) >= 11 is 0. The fourth-order valence-electron chi connectivity index (χ4n) is 2.31. The molecule has 1 amide bonds. The summed E-state index contributed by atoms with van der Waals surface area (Å²) in [6.07, 6.45) is -3.01. The number of carbonyl (C=O) groups excluding carboxylic acids is 1. The summed E-state index contributed by atoms with van der Waals surface area (Å²) in [5.41, 5.74) is 1.85. The van der Waals surface area contributed by atoms with Crippen molar-refractivity contribution >= 4 is 6.09 Å². The zero-order valence-corrected chi connectivity index (χ0v) is 14.2. The second-order valence-corrected chi connectivity index (χ2v) is 6.53. The molecule has 6 nitrogen and oxygen atoms in total. The van der Waals surface area contributed by atoms with Gasteiger partial charge in [-0.1, -0.05) is 0 Å². The predicted octanol–water partition coefficient (Wildman–Crippen LogP) is 2.09. The minimum atomic E-state index is -1.19. The van der Waals surface area contributed by atoms with Crippen LogP contribution in [0.15, 0.2) is 12.1 Å². The van der Waals surface area contributed by atoms with E-state index in [1.165, 1.54) is 0 Å². The maximum absolute atomic E-state index is 11.6. The number of alkyl carbamates (subject to hydrolysis) is 1. The molecule has 0 bridgehead atoms. The van der Waals surface area contributed by atoms with Crippen LogP contribution < -0.4 is 5.32 Å². The number of aliphatic hydroxyl groups excluding tert-OH is 2. The lowest BCUT2D eigenvalue weighted by molar-refractivity contribution is 0.0124. The standard InChI is InChI=1S/C17H24N2O4/c1-10-6-12(8-18)7-11(2)14(10)15(21)13(20)9-19-16(22)23-17(3,4)5/h6-7,13,15,20-21H,9H2,1-5H3,(H,19,22). The Morgan fingerprint density at radius 1 is 1.30 bits per heavy atom. The molecular weight excluding hydrogens is 296 g/mol. The third-order valence-corrected chi connectivity index (χ3v) is 3.24. The maximum atomic E-state index is 11.6. The maximum Gasteiger partial charge on any atom is 0.407 e. The normalized spacial score (nSPS) is 13.8. The molecular formula is C17H24N2O4. The molecule has 0 spiro atoms. The Morgan fingerprint density at radius 3 is 2.26 bits per heavy atom. The van der Waals surface area contributed by atoms with E-state index in [1.807, 2.05) is 6.07 Å². The van der Waals surface area contributed by atoms with E-state index in [-0.39, 0.29) is 6.54 Å². The first kappa shape index (κ1) is 18.9. The van der Waals surface area contributed by atoms with Gasteiger partial charge in [-0.3, -0.25) is 0 Å². The third-order valence-electron chi connectivity index (χ3n) is 3.24.